The molecule has 4 saturated carbocycles. The molecule has 37 heavy (non-hydrogen) atoms. The van der Waals surface area contributed by atoms with Crippen molar-refractivity contribution in [3.63, 3.8) is 0 Å². The molecule has 0 amide bonds. The Morgan fingerprint density at radius 2 is 1.65 bits per heavy atom. The lowest BCUT2D eigenvalue weighted by Gasteiger charge is -2.64. The van der Waals surface area contributed by atoms with Crippen LogP contribution in [0.15, 0.2) is 0 Å². The summed E-state index contributed by atoms with van der Waals surface area (Å²) in [5.74, 6) is 0.0473. The van der Waals surface area contributed by atoms with Gasteiger partial charge in [-0.2, -0.15) is 0 Å². The Labute approximate surface area is 222 Å². The molecule has 0 aliphatic heterocycles. The van der Waals surface area contributed by atoms with E-state index in [1.807, 2.05) is 27.7 Å². The number of hydrogen-bond donors (Lipinski definition) is 1. The Morgan fingerprint density at radius 3 is 2.27 bits per heavy atom. The van der Waals surface area contributed by atoms with Gasteiger partial charge in [-0.25, -0.2) is 0 Å². The van der Waals surface area contributed by atoms with Gasteiger partial charge in [0.2, 0.25) is 0 Å². The number of rotatable bonds is 5. The van der Waals surface area contributed by atoms with Crippen LogP contribution in [0.25, 0.3) is 0 Å². The maximum absolute atomic E-state index is 12.6. The second-order valence-electron chi connectivity index (χ2n) is 13.9. The van der Waals surface area contributed by atoms with Crippen molar-refractivity contribution in [3.05, 3.63) is 0 Å². The van der Waals surface area contributed by atoms with Crippen LogP contribution < -0.4 is 0 Å². The number of ether oxygens (including phenoxy) is 3. The molecule has 0 bridgehead atoms. The van der Waals surface area contributed by atoms with Gasteiger partial charge in [0, 0.05) is 30.6 Å². The van der Waals surface area contributed by atoms with E-state index in [-0.39, 0.29) is 64.6 Å². The smallest absolute Gasteiger partial charge is 0.311 e. The first-order valence-corrected chi connectivity index (χ1v) is 14.4. The highest BCUT2D eigenvalue weighted by molar-refractivity contribution is 5.75. The average molecular weight is 521 g/mol. The fraction of sp³-hybridized carbons (Fsp3) is 0.900. The monoisotopic (exact) mass is 520 g/mol. The third kappa shape index (κ3) is 4.83. The van der Waals surface area contributed by atoms with Gasteiger partial charge in [-0.1, -0.05) is 6.92 Å². The SMILES string of the molecule is CC(=O)OC[C@]12CCC(OC(=O)C(C)(C)C)CC1CC[C@@H]1[C@@H]2CC[C@]2(C)[C@@H](C(C)OC(C)=O)CC[C@@]12O. The predicted octanol–water partition coefficient (Wildman–Crippen LogP) is 5.21. The molecule has 4 aliphatic carbocycles. The molecule has 9 atom stereocenters. The third-order valence-corrected chi connectivity index (χ3v) is 10.9. The summed E-state index contributed by atoms with van der Waals surface area (Å²) >= 11 is 0. The highest BCUT2D eigenvalue weighted by Crippen LogP contribution is 2.69. The maximum atomic E-state index is 12.6. The summed E-state index contributed by atoms with van der Waals surface area (Å²) in [5, 5.41) is 12.4. The van der Waals surface area contributed by atoms with Crippen LogP contribution in [0.2, 0.25) is 0 Å². The van der Waals surface area contributed by atoms with Crippen molar-refractivity contribution in [2.24, 2.45) is 39.9 Å². The second-order valence-corrected chi connectivity index (χ2v) is 13.9. The van der Waals surface area contributed by atoms with Gasteiger partial charge in [0.15, 0.2) is 0 Å². The van der Waals surface area contributed by atoms with Gasteiger partial charge >= 0.3 is 17.9 Å². The lowest BCUT2D eigenvalue weighted by Crippen LogP contribution is -2.64. The van der Waals surface area contributed by atoms with Crippen LogP contribution in [0, 0.1) is 39.9 Å². The topological polar surface area (TPSA) is 99.1 Å². The molecule has 0 aromatic rings. The third-order valence-electron chi connectivity index (χ3n) is 10.9. The van der Waals surface area contributed by atoms with E-state index in [1.54, 1.807) is 0 Å². The minimum absolute atomic E-state index is 0.112. The fourth-order valence-electron chi connectivity index (χ4n) is 9.07. The van der Waals surface area contributed by atoms with Gasteiger partial charge in [-0.3, -0.25) is 14.4 Å². The number of fused-ring (bicyclic) bond motifs is 5. The largest absolute Gasteiger partial charge is 0.465 e. The van der Waals surface area contributed by atoms with E-state index < -0.39 is 11.0 Å². The molecule has 7 nitrogen and oxygen atoms in total. The molecular weight excluding hydrogens is 472 g/mol. The van der Waals surface area contributed by atoms with E-state index in [0.29, 0.717) is 13.0 Å². The van der Waals surface area contributed by atoms with E-state index in [0.717, 1.165) is 51.4 Å². The molecule has 1 N–H and O–H groups in total. The van der Waals surface area contributed by atoms with Crippen molar-refractivity contribution >= 4 is 17.9 Å². The Hall–Kier alpha value is -1.63. The molecule has 0 aromatic heterocycles. The van der Waals surface area contributed by atoms with Crippen LogP contribution in [0.4, 0.5) is 0 Å². The van der Waals surface area contributed by atoms with Gasteiger partial charge in [-0.05, 0) is 103 Å². The van der Waals surface area contributed by atoms with E-state index >= 15 is 0 Å². The Morgan fingerprint density at radius 1 is 0.946 bits per heavy atom. The number of hydrogen-bond acceptors (Lipinski definition) is 7. The standard InChI is InChI=1S/C30H48O7/c1-18(36-20(3)32)23-12-15-30(34)25-9-8-21-16-22(37-26(33)27(4,5)6)10-14-29(21,17-35-19(2)31)24(25)11-13-28(23,30)7/h18,21-25,34H,8-17H2,1-7H3/t18?,21?,22?,23-,24+,25-,28-,29-,30-/m1/s1. The van der Waals surface area contributed by atoms with Gasteiger partial charge in [0.25, 0.3) is 0 Å². The number of carbonyl (C=O) groups excluding carboxylic acids is 3. The average Bonchev–Trinajstić information content (AvgIpc) is 3.08. The molecule has 0 saturated heterocycles. The molecule has 3 unspecified atom stereocenters. The molecule has 0 heterocycles. The number of carbonyl (C=O) groups is 3. The molecule has 4 rings (SSSR count). The van der Waals surface area contributed by atoms with E-state index in [1.165, 1.54) is 13.8 Å². The first kappa shape index (κ1) is 28.4. The number of aliphatic hydroxyl groups is 1. The first-order valence-electron chi connectivity index (χ1n) is 14.4. The van der Waals surface area contributed by atoms with Crippen molar-refractivity contribution in [2.75, 3.05) is 6.61 Å². The van der Waals surface area contributed by atoms with Gasteiger partial charge in [0.05, 0.1) is 17.6 Å². The summed E-state index contributed by atoms with van der Waals surface area (Å²) in [5.41, 5.74) is -1.91. The van der Waals surface area contributed by atoms with Crippen molar-refractivity contribution in [3.8, 4) is 0 Å². The highest BCUT2D eigenvalue weighted by atomic mass is 16.5. The number of esters is 3. The molecule has 4 aliphatic rings. The summed E-state index contributed by atoms with van der Waals surface area (Å²) in [4.78, 5) is 36.3. The van der Waals surface area contributed by atoms with E-state index in [4.69, 9.17) is 14.2 Å². The normalized spacial score (nSPS) is 42.0. The minimum Gasteiger partial charge on any atom is -0.465 e. The van der Waals surface area contributed by atoms with Crippen LogP contribution in [0.1, 0.15) is 106 Å². The van der Waals surface area contributed by atoms with Crippen LogP contribution in [-0.2, 0) is 28.6 Å². The van der Waals surface area contributed by atoms with Crippen LogP contribution in [0.5, 0.6) is 0 Å². The van der Waals surface area contributed by atoms with E-state index in [2.05, 4.69) is 6.92 Å². The lowest BCUT2D eigenvalue weighted by molar-refractivity contribution is -0.230. The molecule has 4 fully saturated rings. The van der Waals surface area contributed by atoms with Crippen molar-refractivity contribution in [2.45, 2.75) is 124 Å². The molecular formula is C30H48O7. The Balaban J connectivity index is 1.60. The van der Waals surface area contributed by atoms with Gasteiger partial charge < -0.3 is 19.3 Å². The first-order chi connectivity index (χ1) is 17.1. The summed E-state index contributed by atoms with van der Waals surface area (Å²) in [6, 6.07) is 0. The summed E-state index contributed by atoms with van der Waals surface area (Å²) in [7, 11) is 0. The van der Waals surface area contributed by atoms with Crippen molar-refractivity contribution < 1.29 is 33.7 Å². The summed E-state index contributed by atoms with van der Waals surface area (Å²) in [6.07, 6.45) is 7.23. The second kappa shape index (κ2) is 9.84. The fourth-order valence-corrected chi connectivity index (χ4v) is 9.07. The zero-order valence-electron chi connectivity index (χ0n) is 23.9. The van der Waals surface area contributed by atoms with Gasteiger partial charge in [0.1, 0.15) is 12.2 Å². The van der Waals surface area contributed by atoms with Crippen LogP contribution >= 0.6 is 0 Å². The van der Waals surface area contributed by atoms with Crippen molar-refractivity contribution in [1.29, 1.82) is 0 Å². The maximum Gasteiger partial charge on any atom is 0.311 e. The zero-order valence-corrected chi connectivity index (χ0v) is 23.9. The summed E-state index contributed by atoms with van der Waals surface area (Å²) < 4.78 is 17.3. The Kier molecular flexibility index (Phi) is 7.55. The van der Waals surface area contributed by atoms with Crippen LogP contribution in [-0.4, -0.2) is 47.4 Å². The molecule has 0 aromatic carbocycles. The zero-order chi connectivity index (χ0) is 27.4. The predicted molar refractivity (Wildman–Crippen MR) is 138 cm³/mol. The Bertz CT molecular complexity index is 908. The van der Waals surface area contributed by atoms with E-state index in [9.17, 15) is 19.5 Å². The minimum atomic E-state index is -0.835. The summed E-state index contributed by atoms with van der Waals surface area (Å²) in [6.45, 7) is 13.1. The molecule has 0 spiro atoms. The van der Waals surface area contributed by atoms with Gasteiger partial charge in [-0.15, -0.1) is 0 Å². The molecule has 210 valence electrons. The molecule has 7 heteroatoms. The van der Waals surface area contributed by atoms with Crippen LogP contribution in [0.3, 0.4) is 0 Å². The molecule has 0 radical (unpaired) electrons. The highest BCUT2D eigenvalue weighted by Gasteiger charge is 2.69. The quantitative estimate of drug-likeness (QED) is 0.392. The lowest BCUT2D eigenvalue weighted by atomic mass is 9.43. The van der Waals surface area contributed by atoms with Crippen molar-refractivity contribution in [1.82, 2.24) is 0 Å².